The van der Waals surface area contributed by atoms with E-state index in [1.807, 2.05) is 13.8 Å². The molecule has 1 atom stereocenters. The molecule has 0 aliphatic heterocycles. The van der Waals surface area contributed by atoms with Crippen LogP contribution in [-0.2, 0) is 0 Å². The summed E-state index contributed by atoms with van der Waals surface area (Å²) in [5.41, 5.74) is 0.676. The number of carbonyl (C=O) groups excluding carboxylic acids is 1. The van der Waals surface area contributed by atoms with Crippen molar-refractivity contribution in [2.45, 2.75) is 18.7 Å². The lowest BCUT2D eigenvalue weighted by molar-refractivity contribution is 0.0996. The average Bonchev–Trinajstić information content (AvgIpc) is 2.20. The molecule has 15 heavy (non-hydrogen) atoms. The van der Waals surface area contributed by atoms with Crippen LogP contribution in [0, 0.1) is 0 Å². The number of halogens is 2. The van der Waals surface area contributed by atoms with Crippen molar-refractivity contribution < 1.29 is 9.53 Å². The van der Waals surface area contributed by atoms with Gasteiger partial charge in [0.25, 0.3) is 0 Å². The van der Waals surface area contributed by atoms with Crippen molar-refractivity contribution in [2.24, 2.45) is 0 Å². The van der Waals surface area contributed by atoms with Crippen molar-refractivity contribution in [3.63, 3.8) is 0 Å². The first-order chi connectivity index (χ1) is 7.06. The molecule has 1 unspecified atom stereocenters. The van der Waals surface area contributed by atoms with Gasteiger partial charge in [-0.15, -0.1) is 0 Å². The molecule has 0 spiro atoms. The summed E-state index contributed by atoms with van der Waals surface area (Å²) in [6.07, 6.45) is 0. The Labute approximate surface area is 106 Å². The maximum absolute atomic E-state index is 11.7. The Hall–Kier alpha value is -0.350. The molecule has 0 saturated carbocycles. The predicted molar refractivity (Wildman–Crippen MR) is 68.0 cm³/mol. The number of benzene rings is 1. The summed E-state index contributed by atoms with van der Waals surface area (Å²) in [6.45, 7) is 4.35. The van der Waals surface area contributed by atoms with Crippen LogP contribution in [0.2, 0.25) is 0 Å². The van der Waals surface area contributed by atoms with E-state index >= 15 is 0 Å². The van der Waals surface area contributed by atoms with Crippen LogP contribution in [0.3, 0.4) is 0 Å². The van der Waals surface area contributed by atoms with Crippen molar-refractivity contribution in [1.29, 1.82) is 0 Å². The lowest BCUT2D eigenvalue weighted by Gasteiger charge is -2.08. The molecule has 0 heterocycles. The second kappa shape index (κ2) is 5.66. The van der Waals surface area contributed by atoms with Crippen LogP contribution in [-0.4, -0.2) is 17.2 Å². The first-order valence-electron chi connectivity index (χ1n) is 4.67. The summed E-state index contributed by atoms with van der Waals surface area (Å²) in [4.78, 5) is 11.5. The Morgan fingerprint density at radius 3 is 2.67 bits per heavy atom. The lowest BCUT2D eigenvalue weighted by Crippen LogP contribution is -2.09. The fraction of sp³-hybridized carbons (Fsp3) is 0.364. The van der Waals surface area contributed by atoms with E-state index in [4.69, 9.17) is 4.74 Å². The molecule has 2 nitrogen and oxygen atoms in total. The number of alkyl halides is 1. The van der Waals surface area contributed by atoms with Crippen LogP contribution in [0.5, 0.6) is 5.75 Å². The monoisotopic (exact) mass is 334 g/mol. The fourth-order valence-electron chi connectivity index (χ4n) is 1.16. The van der Waals surface area contributed by atoms with E-state index < -0.39 is 0 Å². The largest absolute Gasteiger partial charge is 0.493 e. The predicted octanol–water partition coefficient (Wildman–Crippen LogP) is 3.81. The number of hydrogen-bond donors (Lipinski definition) is 0. The van der Waals surface area contributed by atoms with Crippen LogP contribution in [0.1, 0.15) is 24.2 Å². The van der Waals surface area contributed by atoms with E-state index in [1.165, 1.54) is 0 Å². The quantitative estimate of drug-likeness (QED) is 0.617. The molecule has 82 valence electrons. The van der Waals surface area contributed by atoms with Gasteiger partial charge in [-0.3, -0.25) is 4.79 Å². The molecular formula is C11H12Br2O2. The summed E-state index contributed by atoms with van der Waals surface area (Å²) >= 11 is 6.63. The van der Waals surface area contributed by atoms with Gasteiger partial charge in [-0.05, 0) is 48.0 Å². The highest BCUT2D eigenvalue weighted by Gasteiger charge is 2.13. The summed E-state index contributed by atoms with van der Waals surface area (Å²) in [5.74, 6) is 0.829. The maximum atomic E-state index is 11.7. The lowest BCUT2D eigenvalue weighted by atomic mass is 10.1. The fourth-order valence-corrected chi connectivity index (χ4v) is 1.91. The van der Waals surface area contributed by atoms with E-state index in [-0.39, 0.29) is 10.6 Å². The van der Waals surface area contributed by atoms with Crippen molar-refractivity contribution in [3.05, 3.63) is 28.2 Å². The number of ketones is 1. The first-order valence-corrected chi connectivity index (χ1v) is 6.37. The Morgan fingerprint density at radius 2 is 2.20 bits per heavy atom. The number of ether oxygens (including phenoxy) is 1. The number of rotatable bonds is 4. The van der Waals surface area contributed by atoms with Gasteiger partial charge in [0.1, 0.15) is 5.75 Å². The number of hydrogen-bond acceptors (Lipinski definition) is 2. The van der Waals surface area contributed by atoms with Gasteiger partial charge in [-0.1, -0.05) is 15.9 Å². The summed E-state index contributed by atoms with van der Waals surface area (Å²) in [7, 11) is 0. The van der Waals surface area contributed by atoms with Gasteiger partial charge in [-0.25, -0.2) is 0 Å². The summed E-state index contributed by atoms with van der Waals surface area (Å²) in [6, 6.07) is 5.36. The second-order valence-corrected chi connectivity index (χ2v) is 5.29. The van der Waals surface area contributed by atoms with Crippen molar-refractivity contribution in [2.75, 3.05) is 6.61 Å². The van der Waals surface area contributed by atoms with E-state index in [1.54, 1.807) is 18.2 Å². The third-order valence-corrected chi connectivity index (χ3v) is 2.91. The maximum Gasteiger partial charge on any atom is 0.176 e. The van der Waals surface area contributed by atoms with Crippen LogP contribution >= 0.6 is 31.9 Å². The molecule has 0 fully saturated rings. The highest BCUT2D eigenvalue weighted by molar-refractivity contribution is 9.10. The molecule has 0 bridgehead atoms. The van der Waals surface area contributed by atoms with Gasteiger partial charge in [0, 0.05) is 5.56 Å². The van der Waals surface area contributed by atoms with Gasteiger partial charge in [0.15, 0.2) is 5.78 Å². The summed E-state index contributed by atoms with van der Waals surface area (Å²) in [5, 5.41) is 0. The van der Waals surface area contributed by atoms with Gasteiger partial charge in [-0.2, -0.15) is 0 Å². The van der Waals surface area contributed by atoms with E-state index in [0.717, 1.165) is 10.2 Å². The molecule has 4 heteroatoms. The SMILES string of the molecule is CCOc1ccc(C(=O)C(C)Br)cc1Br. The van der Waals surface area contributed by atoms with Gasteiger partial charge in [0.2, 0.25) is 0 Å². The molecule has 0 N–H and O–H groups in total. The minimum atomic E-state index is -0.164. The Balaban J connectivity index is 2.96. The van der Waals surface area contributed by atoms with E-state index in [2.05, 4.69) is 31.9 Å². The first kappa shape index (κ1) is 12.7. The average molecular weight is 336 g/mol. The smallest absolute Gasteiger partial charge is 0.176 e. The van der Waals surface area contributed by atoms with Crippen molar-refractivity contribution in [1.82, 2.24) is 0 Å². The van der Waals surface area contributed by atoms with Gasteiger partial charge < -0.3 is 4.74 Å². The zero-order chi connectivity index (χ0) is 11.4. The summed E-state index contributed by atoms with van der Waals surface area (Å²) < 4.78 is 6.17. The third kappa shape index (κ3) is 3.31. The van der Waals surface area contributed by atoms with E-state index in [0.29, 0.717) is 12.2 Å². The van der Waals surface area contributed by atoms with Crippen molar-refractivity contribution >= 4 is 37.6 Å². The Kier molecular flexibility index (Phi) is 4.80. The zero-order valence-corrected chi connectivity index (χ0v) is 11.8. The topological polar surface area (TPSA) is 26.3 Å². The normalized spacial score (nSPS) is 12.3. The van der Waals surface area contributed by atoms with Crippen LogP contribution in [0.4, 0.5) is 0 Å². The molecule has 0 aromatic heterocycles. The number of Topliss-reactive ketones (excluding diaryl/α,β-unsaturated/α-hetero) is 1. The molecule has 0 amide bonds. The molecule has 0 radical (unpaired) electrons. The number of carbonyl (C=O) groups is 1. The standard InChI is InChI=1S/C11H12Br2O2/c1-3-15-10-5-4-8(6-9(10)13)11(14)7(2)12/h4-7H,3H2,1-2H3. The molecule has 1 aromatic rings. The highest BCUT2D eigenvalue weighted by atomic mass is 79.9. The van der Waals surface area contributed by atoms with E-state index in [9.17, 15) is 4.79 Å². The molecule has 1 aromatic carbocycles. The van der Waals surface area contributed by atoms with Crippen LogP contribution in [0.15, 0.2) is 22.7 Å². The molecule has 0 saturated heterocycles. The van der Waals surface area contributed by atoms with Gasteiger partial charge >= 0.3 is 0 Å². The van der Waals surface area contributed by atoms with Gasteiger partial charge in [0.05, 0.1) is 15.9 Å². The zero-order valence-electron chi connectivity index (χ0n) is 8.59. The van der Waals surface area contributed by atoms with Crippen LogP contribution < -0.4 is 4.74 Å². The van der Waals surface area contributed by atoms with Crippen molar-refractivity contribution in [3.8, 4) is 5.75 Å². The Bertz CT molecular complexity index is 362. The van der Waals surface area contributed by atoms with Crippen LogP contribution in [0.25, 0.3) is 0 Å². The highest BCUT2D eigenvalue weighted by Crippen LogP contribution is 2.26. The third-order valence-electron chi connectivity index (χ3n) is 1.88. The molecule has 0 aliphatic carbocycles. The molecule has 0 aliphatic rings. The second-order valence-electron chi connectivity index (χ2n) is 3.06. The molecular weight excluding hydrogens is 324 g/mol. The minimum absolute atomic E-state index is 0.0683. The Morgan fingerprint density at radius 1 is 1.53 bits per heavy atom. The minimum Gasteiger partial charge on any atom is -0.493 e. The molecule has 1 rings (SSSR count).